The summed E-state index contributed by atoms with van der Waals surface area (Å²) in [4.78, 5) is 35.0. The van der Waals surface area contributed by atoms with Gasteiger partial charge in [-0.05, 0) is 44.2 Å². The zero-order valence-electron chi connectivity index (χ0n) is 20.9. The van der Waals surface area contributed by atoms with Crippen molar-refractivity contribution in [2.75, 3.05) is 46.0 Å². The molecule has 3 aliphatic rings. The van der Waals surface area contributed by atoms with Gasteiger partial charge in [0.25, 0.3) is 0 Å². The summed E-state index contributed by atoms with van der Waals surface area (Å²) in [5, 5.41) is 5.80. The average Bonchev–Trinajstić information content (AvgIpc) is 3.22. The van der Waals surface area contributed by atoms with Crippen molar-refractivity contribution < 1.29 is 19.1 Å². The SMILES string of the molecule is CCOC(=O)C1=C(C)N=C2SC=C(CC(=O)NCCN3CCOCC3)N2[C@H]1c1cc(C)ccc1C. The van der Waals surface area contributed by atoms with Crippen molar-refractivity contribution in [1.82, 2.24) is 15.1 Å². The van der Waals surface area contributed by atoms with E-state index in [9.17, 15) is 9.59 Å². The molecule has 1 aromatic rings. The quantitative estimate of drug-likeness (QED) is 0.551. The number of thioether (sulfide) groups is 1. The highest BCUT2D eigenvalue weighted by Crippen LogP contribution is 2.45. The third-order valence-electron chi connectivity index (χ3n) is 6.42. The highest BCUT2D eigenvalue weighted by Gasteiger charge is 2.41. The van der Waals surface area contributed by atoms with E-state index >= 15 is 0 Å². The summed E-state index contributed by atoms with van der Waals surface area (Å²) >= 11 is 1.49. The molecule has 4 rings (SSSR count). The van der Waals surface area contributed by atoms with E-state index in [-0.39, 0.29) is 24.9 Å². The van der Waals surface area contributed by atoms with E-state index in [2.05, 4.69) is 28.4 Å². The topological polar surface area (TPSA) is 83.5 Å². The Labute approximate surface area is 211 Å². The second-order valence-electron chi connectivity index (χ2n) is 8.95. The number of aliphatic imine (C=N–C) groups is 1. The summed E-state index contributed by atoms with van der Waals surface area (Å²) in [5.41, 5.74) is 5.19. The van der Waals surface area contributed by atoms with Gasteiger partial charge in [0.05, 0.1) is 43.6 Å². The van der Waals surface area contributed by atoms with Gasteiger partial charge in [0.1, 0.15) is 0 Å². The van der Waals surface area contributed by atoms with Crippen LogP contribution in [0.4, 0.5) is 0 Å². The predicted octanol–water partition coefficient (Wildman–Crippen LogP) is 3.28. The number of benzene rings is 1. The Kier molecular flexibility index (Phi) is 8.30. The lowest BCUT2D eigenvalue weighted by atomic mass is 9.90. The number of carbonyl (C=O) groups is 2. The number of aryl methyl sites for hydroxylation is 2. The van der Waals surface area contributed by atoms with E-state index in [0.29, 0.717) is 17.8 Å². The standard InChI is InChI=1S/C26H34N4O4S/c1-5-34-25(32)23-19(4)28-26-30(24(23)21-14-17(2)6-7-18(21)3)20(16-35-26)15-22(31)27-8-9-29-10-12-33-13-11-29/h6-7,14,16,24H,5,8-13,15H2,1-4H3,(H,27,31)/t24-/m0/s1. The van der Waals surface area contributed by atoms with Gasteiger partial charge in [-0.2, -0.15) is 0 Å². The molecule has 0 radical (unpaired) electrons. The van der Waals surface area contributed by atoms with E-state index in [0.717, 1.165) is 60.4 Å². The molecule has 0 aliphatic carbocycles. The molecule has 0 aromatic heterocycles. The van der Waals surface area contributed by atoms with Crippen LogP contribution in [0.1, 0.15) is 43.0 Å². The summed E-state index contributed by atoms with van der Waals surface area (Å²) in [6.45, 7) is 12.7. The molecule has 0 bridgehead atoms. The number of allylic oxidation sites excluding steroid dienone is 1. The minimum atomic E-state index is -0.399. The Bertz CT molecular complexity index is 1080. The van der Waals surface area contributed by atoms with Gasteiger partial charge in [-0.25, -0.2) is 9.79 Å². The van der Waals surface area contributed by atoms with Gasteiger partial charge in [0, 0.05) is 31.9 Å². The molecule has 8 nitrogen and oxygen atoms in total. The first kappa shape index (κ1) is 25.5. The Morgan fingerprint density at radius 1 is 1.23 bits per heavy atom. The first-order valence-electron chi connectivity index (χ1n) is 12.1. The minimum absolute atomic E-state index is 0.0463. The second-order valence-corrected chi connectivity index (χ2v) is 9.79. The molecular weight excluding hydrogens is 464 g/mol. The lowest BCUT2D eigenvalue weighted by Gasteiger charge is -2.37. The van der Waals surface area contributed by atoms with Crippen LogP contribution < -0.4 is 5.32 Å². The van der Waals surface area contributed by atoms with Crippen molar-refractivity contribution in [3.05, 3.63) is 57.3 Å². The highest BCUT2D eigenvalue weighted by atomic mass is 32.2. The van der Waals surface area contributed by atoms with Gasteiger partial charge in [0.2, 0.25) is 5.91 Å². The Morgan fingerprint density at radius 2 is 2.00 bits per heavy atom. The van der Waals surface area contributed by atoms with Crippen molar-refractivity contribution in [1.29, 1.82) is 0 Å². The van der Waals surface area contributed by atoms with Crippen molar-refractivity contribution in [3.8, 4) is 0 Å². The van der Waals surface area contributed by atoms with Gasteiger partial charge < -0.3 is 19.7 Å². The fourth-order valence-electron chi connectivity index (χ4n) is 4.59. The largest absolute Gasteiger partial charge is 0.463 e. The molecule has 1 amide bonds. The second kappa shape index (κ2) is 11.4. The molecule has 3 aliphatic heterocycles. The Balaban J connectivity index is 1.55. The Morgan fingerprint density at radius 3 is 2.74 bits per heavy atom. The lowest BCUT2D eigenvalue weighted by molar-refractivity contribution is -0.139. The number of fused-ring (bicyclic) bond motifs is 1. The molecule has 1 N–H and O–H groups in total. The summed E-state index contributed by atoms with van der Waals surface area (Å²) in [7, 11) is 0. The molecule has 9 heteroatoms. The van der Waals surface area contributed by atoms with Crippen LogP contribution in [-0.4, -0.2) is 72.8 Å². The smallest absolute Gasteiger partial charge is 0.338 e. The molecule has 1 atom stereocenters. The zero-order chi connectivity index (χ0) is 24.9. The maximum absolute atomic E-state index is 13.1. The van der Waals surface area contributed by atoms with Crippen LogP contribution >= 0.6 is 11.8 Å². The molecule has 1 saturated heterocycles. The third kappa shape index (κ3) is 5.79. The van der Waals surface area contributed by atoms with Crippen LogP contribution in [0.3, 0.4) is 0 Å². The molecule has 35 heavy (non-hydrogen) atoms. The molecule has 188 valence electrons. The van der Waals surface area contributed by atoms with Crippen LogP contribution in [0.15, 0.2) is 45.6 Å². The van der Waals surface area contributed by atoms with Gasteiger partial charge in [-0.3, -0.25) is 9.69 Å². The fourth-order valence-corrected chi connectivity index (χ4v) is 5.56. The van der Waals surface area contributed by atoms with Gasteiger partial charge in [0.15, 0.2) is 5.17 Å². The number of nitrogens with zero attached hydrogens (tertiary/aromatic N) is 3. The highest BCUT2D eigenvalue weighted by molar-refractivity contribution is 8.16. The van der Waals surface area contributed by atoms with E-state index in [1.807, 2.05) is 31.1 Å². The fraction of sp³-hybridized carbons (Fsp3) is 0.500. The molecule has 3 heterocycles. The number of ether oxygens (including phenoxy) is 2. The third-order valence-corrected chi connectivity index (χ3v) is 7.31. The normalized spacial score (nSPS) is 20.3. The number of rotatable bonds is 8. The predicted molar refractivity (Wildman–Crippen MR) is 138 cm³/mol. The van der Waals surface area contributed by atoms with Crippen LogP contribution in [0, 0.1) is 13.8 Å². The summed E-state index contributed by atoms with van der Waals surface area (Å²) in [6, 6.07) is 5.84. The van der Waals surface area contributed by atoms with Crippen LogP contribution in [0.2, 0.25) is 0 Å². The van der Waals surface area contributed by atoms with Crippen LogP contribution in [-0.2, 0) is 19.1 Å². The molecule has 0 spiro atoms. The number of hydrogen-bond acceptors (Lipinski definition) is 8. The summed E-state index contributed by atoms with van der Waals surface area (Å²) in [6.07, 6.45) is 0.214. The molecule has 1 fully saturated rings. The van der Waals surface area contributed by atoms with Gasteiger partial charge in [-0.1, -0.05) is 35.5 Å². The van der Waals surface area contributed by atoms with Crippen molar-refractivity contribution in [2.45, 2.75) is 40.2 Å². The van der Waals surface area contributed by atoms with Gasteiger partial charge in [-0.15, -0.1) is 0 Å². The van der Waals surface area contributed by atoms with E-state index in [1.54, 1.807) is 6.92 Å². The molecule has 0 saturated carbocycles. The molecule has 0 unspecified atom stereocenters. The van der Waals surface area contributed by atoms with Crippen LogP contribution in [0.5, 0.6) is 0 Å². The van der Waals surface area contributed by atoms with Crippen molar-refractivity contribution >= 4 is 28.8 Å². The number of nitrogens with one attached hydrogen (secondary N) is 1. The lowest BCUT2D eigenvalue weighted by Crippen LogP contribution is -2.42. The van der Waals surface area contributed by atoms with Crippen molar-refractivity contribution in [3.63, 3.8) is 0 Å². The maximum atomic E-state index is 13.1. The minimum Gasteiger partial charge on any atom is -0.463 e. The number of amides is 1. The first-order valence-corrected chi connectivity index (χ1v) is 13.0. The zero-order valence-corrected chi connectivity index (χ0v) is 21.7. The van der Waals surface area contributed by atoms with Crippen molar-refractivity contribution in [2.24, 2.45) is 4.99 Å². The Hall–Kier alpha value is -2.62. The first-order chi connectivity index (χ1) is 16.9. The number of morpholine rings is 1. The summed E-state index contributed by atoms with van der Waals surface area (Å²) in [5.74, 6) is -0.417. The number of carbonyl (C=O) groups excluding carboxylic acids is 2. The monoisotopic (exact) mass is 498 g/mol. The number of esters is 1. The summed E-state index contributed by atoms with van der Waals surface area (Å²) < 4.78 is 10.8. The average molecular weight is 499 g/mol. The van der Waals surface area contributed by atoms with Crippen LogP contribution in [0.25, 0.3) is 0 Å². The number of hydrogen-bond donors (Lipinski definition) is 1. The molecule has 1 aromatic carbocycles. The molecular formula is C26H34N4O4S. The number of amidine groups is 1. The van der Waals surface area contributed by atoms with E-state index < -0.39 is 6.04 Å². The van der Waals surface area contributed by atoms with E-state index in [4.69, 9.17) is 14.5 Å². The van der Waals surface area contributed by atoms with Gasteiger partial charge >= 0.3 is 5.97 Å². The van der Waals surface area contributed by atoms with E-state index in [1.165, 1.54) is 11.8 Å². The maximum Gasteiger partial charge on any atom is 0.338 e.